The Morgan fingerprint density at radius 1 is 1.13 bits per heavy atom. The third kappa shape index (κ3) is 4.70. The monoisotopic (exact) mass is 455 g/mol. The maximum absolute atomic E-state index is 13.7. The minimum Gasteiger partial charge on any atom is -0.486 e. The summed E-state index contributed by atoms with van der Waals surface area (Å²) in [4.78, 5) is 15.0. The molecular weight excluding hydrogens is 432 g/mol. The van der Waals surface area contributed by atoms with Crippen LogP contribution in [0.4, 0.5) is 14.5 Å². The molecule has 2 N–H and O–H groups in total. The van der Waals surface area contributed by atoms with Crippen molar-refractivity contribution >= 4 is 15.9 Å². The van der Waals surface area contributed by atoms with Gasteiger partial charge in [-0.3, -0.25) is 4.79 Å². The van der Waals surface area contributed by atoms with E-state index in [0.717, 1.165) is 34.0 Å². The van der Waals surface area contributed by atoms with Crippen molar-refractivity contribution in [2.45, 2.75) is 19.8 Å². The van der Waals surface area contributed by atoms with E-state index in [9.17, 15) is 22.0 Å². The molecule has 2 fully saturated rings. The fourth-order valence-corrected chi connectivity index (χ4v) is 4.10. The summed E-state index contributed by atoms with van der Waals surface area (Å²) in [6, 6.07) is 2.72. The Kier molecular flexibility index (Phi) is 5.48. The number of benzene rings is 1. The highest BCUT2D eigenvalue weighted by molar-refractivity contribution is 7.86. The molecular formula is C19H23F2N5O4S. The summed E-state index contributed by atoms with van der Waals surface area (Å²) >= 11 is 0. The molecule has 1 aliphatic heterocycles. The van der Waals surface area contributed by atoms with Crippen LogP contribution in [0.15, 0.2) is 29.2 Å². The van der Waals surface area contributed by atoms with Crippen LogP contribution in [0, 0.1) is 17.0 Å². The third-order valence-corrected chi connectivity index (χ3v) is 6.70. The highest BCUT2D eigenvalue weighted by Crippen LogP contribution is 2.45. The quantitative estimate of drug-likeness (QED) is 0.696. The fraction of sp³-hybridized carbons (Fsp3) is 0.474. The number of aromatic nitrogens is 2. The lowest BCUT2D eigenvalue weighted by Gasteiger charge is -2.34. The van der Waals surface area contributed by atoms with Gasteiger partial charge in [0.2, 0.25) is 5.75 Å². The van der Waals surface area contributed by atoms with Crippen LogP contribution in [-0.4, -0.2) is 55.3 Å². The molecule has 12 heteroatoms. The second kappa shape index (κ2) is 7.84. The predicted octanol–water partition coefficient (Wildman–Crippen LogP) is 1.02. The SMILES string of the molecule is CC1(COc2c(N3CCN(S(N)(=O)=O)CC3)cnn(-c3cc(F)cc(F)c3)c2=O)CC1. The average Bonchev–Trinajstić information content (AvgIpc) is 3.43. The zero-order valence-corrected chi connectivity index (χ0v) is 17.7. The molecule has 4 rings (SSSR count). The zero-order valence-electron chi connectivity index (χ0n) is 16.9. The lowest BCUT2D eigenvalue weighted by molar-refractivity contribution is 0.242. The van der Waals surface area contributed by atoms with E-state index in [2.05, 4.69) is 5.10 Å². The van der Waals surface area contributed by atoms with Crippen molar-refractivity contribution < 1.29 is 21.9 Å². The molecule has 9 nitrogen and oxygen atoms in total. The van der Waals surface area contributed by atoms with Crippen LogP contribution >= 0.6 is 0 Å². The maximum atomic E-state index is 13.7. The van der Waals surface area contributed by atoms with E-state index in [4.69, 9.17) is 9.88 Å². The molecule has 31 heavy (non-hydrogen) atoms. The van der Waals surface area contributed by atoms with Crippen LogP contribution in [0.3, 0.4) is 0 Å². The molecule has 1 aromatic heterocycles. The summed E-state index contributed by atoms with van der Waals surface area (Å²) in [5.74, 6) is -1.66. The van der Waals surface area contributed by atoms with Gasteiger partial charge in [-0.05, 0) is 25.0 Å². The average molecular weight is 455 g/mol. The van der Waals surface area contributed by atoms with Crippen molar-refractivity contribution in [1.82, 2.24) is 14.1 Å². The van der Waals surface area contributed by atoms with Crippen molar-refractivity contribution in [2.75, 3.05) is 37.7 Å². The first-order chi connectivity index (χ1) is 14.6. The Morgan fingerprint density at radius 2 is 1.74 bits per heavy atom. The van der Waals surface area contributed by atoms with Gasteiger partial charge in [-0.15, -0.1) is 0 Å². The van der Waals surface area contributed by atoms with E-state index in [-0.39, 0.29) is 43.0 Å². The third-order valence-electron chi connectivity index (χ3n) is 5.61. The smallest absolute Gasteiger partial charge is 0.316 e. The summed E-state index contributed by atoms with van der Waals surface area (Å²) in [7, 11) is -3.80. The number of hydrogen-bond donors (Lipinski definition) is 1. The van der Waals surface area contributed by atoms with Crippen LogP contribution in [0.25, 0.3) is 5.69 Å². The largest absolute Gasteiger partial charge is 0.486 e. The molecule has 168 valence electrons. The Balaban J connectivity index is 1.69. The normalized spacial score (nSPS) is 18.8. The Hall–Kier alpha value is -2.57. The van der Waals surface area contributed by atoms with Crippen LogP contribution in [0.2, 0.25) is 0 Å². The number of piperazine rings is 1. The van der Waals surface area contributed by atoms with Crippen molar-refractivity contribution in [1.29, 1.82) is 0 Å². The molecule has 0 atom stereocenters. The topological polar surface area (TPSA) is 111 Å². The van der Waals surface area contributed by atoms with Gasteiger partial charge in [0, 0.05) is 37.7 Å². The maximum Gasteiger partial charge on any atom is 0.316 e. The molecule has 1 saturated heterocycles. The molecule has 2 heterocycles. The van der Waals surface area contributed by atoms with Crippen LogP contribution in [0.1, 0.15) is 19.8 Å². The molecule has 1 aliphatic carbocycles. The summed E-state index contributed by atoms with van der Waals surface area (Å²) < 4.78 is 58.4. The van der Waals surface area contributed by atoms with E-state index in [1.165, 1.54) is 6.20 Å². The van der Waals surface area contributed by atoms with E-state index in [0.29, 0.717) is 18.4 Å². The van der Waals surface area contributed by atoms with Crippen LogP contribution < -0.4 is 20.3 Å². The molecule has 2 aromatic rings. The highest BCUT2D eigenvalue weighted by atomic mass is 32.2. The number of hydrogen-bond acceptors (Lipinski definition) is 6. The fourth-order valence-electron chi connectivity index (χ4n) is 3.42. The van der Waals surface area contributed by atoms with Crippen molar-refractivity contribution in [2.24, 2.45) is 10.6 Å². The Bertz CT molecular complexity index is 1140. The molecule has 2 aliphatic rings. The zero-order chi connectivity index (χ0) is 22.4. The minimum atomic E-state index is -3.80. The van der Waals surface area contributed by atoms with Gasteiger partial charge < -0.3 is 9.64 Å². The Morgan fingerprint density at radius 3 is 2.29 bits per heavy atom. The van der Waals surface area contributed by atoms with Crippen LogP contribution in [0.5, 0.6) is 5.75 Å². The van der Waals surface area contributed by atoms with E-state index in [1.807, 2.05) is 6.92 Å². The summed E-state index contributed by atoms with van der Waals surface area (Å²) in [6.07, 6.45) is 3.34. The molecule has 0 radical (unpaired) electrons. The van der Waals surface area contributed by atoms with Crippen LogP contribution in [-0.2, 0) is 10.2 Å². The predicted molar refractivity (Wildman–Crippen MR) is 109 cm³/mol. The van der Waals surface area contributed by atoms with Crippen molar-refractivity contribution in [3.63, 3.8) is 0 Å². The molecule has 1 saturated carbocycles. The highest BCUT2D eigenvalue weighted by Gasteiger charge is 2.39. The van der Waals surface area contributed by atoms with Gasteiger partial charge in [0.25, 0.3) is 10.2 Å². The lowest BCUT2D eigenvalue weighted by atomic mass is 10.2. The molecule has 0 spiro atoms. The molecule has 0 unspecified atom stereocenters. The number of nitrogens with zero attached hydrogens (tertiary/aromatic N) is 4. The molecule has 0 amide bonds. The summed E-state index contributed by atoms with van der Waals surface area (Å²) in [5, 5.41) is 9.27. The number of rotatable bonds is 6. The van der Waals surface area contributed by atoms with E-state index in [1.54, 1.807) is 4.90 Å². The Labute approximate surface area is 178 Å². The number of anilines is 1. The van der Waals surface area contributed by atoms with Gasteiger partial charge in [-0.2, -0.15) is 22.5 Å². The second-order valence-corrected chi connectivity index (χ2v) is 9.78. The second-order valence-electron chi connectivity index (χ2n) is 8.23. The molecule has 0 bridgehead atoms. The first-order valence-corrected chi connectivity index (χ1v) is 11.3. The number of nitrogens with two attached hydrogens (primary N) is 1. The summed E-state index contributed by atoms with van der Waals surface area (Å²) in [5.41, 5.74) is -0.331. The van der Waals surface area contributed by atoms with Crippen molar-refractivity contribution in [3.8, 4) is 11.4 Å². The van der Waals surface area contributed by atoms with Gasteiger partial charge in [0.1, 0.15) is 17.3 Å². The minimum absolute atomic E-state index is 0.0110. The van der Waals surface area contributed by atoms with Gasteiger partial charge in [-0.1, -0.05) is 6.92 Å². The van der Waals surface area contributed by atoms with E-state index < -0.39 is 27.4 Å². The van der Waals surface area contributed by atoms with E-state index >= 15 is 0 Å². The van der Waals surface area contributed by atoms with Crippen molar-refractivity contribution in [3.05, 3.63) is 46.4 Å². The standard InChI is InChI=1S/C19H23F2N5O4S/c1-19(2-3-19)12-30-17-16(24-4-6-25(7-5-24)31(22,28)29)11-23-26(18(17)27)15-9-13(20)8-14(21)10-15/h8-11H,2-7,12H2,1H3,(H2,22,28,29). The first-order valence-electron chi connectivity index (χ1n) is 9.80. The van der Waals surface area contributed by atoms with Gasteiger partial charge in [0.15, 0.2) is 0 Å². The lowest BCUT2D eigenvalue weighted by Crippen LogP contribution is -2.51. The number of ether oxygens (including phenoxy) is 1. The van der Waals surface area contributed by atoms with Gasteiger partial charge in [0.05, 0.1) is 18.5 Å². The summed E-state index contributed by atoms with van der Waals surface area (Å²) in [6.45, 7) is 3.21. The molecule has 1 aromatic carbocycles. The van der Waals surface area contributed by atoms with Gasteiger partial charge in [-0.25, -0.2) is 13.9 Å². The first kappa shape index (κ1) is 21.7. The number of halogens is 2. The van der Waals surface area contributed by atoms with Gasteiger partial charge >= 0.3 is 5.56 Å².